The van der Waals surface area contributed by atoms with Crippen molar-refractivity contribution in [3.05, 3.63) is 35.4 Å². The Bertz CT molecular complexity index is 603. The molecular formula is C12H15N5S. The third kappa shape index (κ3) is 2.48. The third-order valence-electron chi connectivity index (χ3n) is 2.56. The highest BCUT2D eigenvalue weighted by Crippen LogP contribution is 2.23. The van der Waals surface area contributed by atoms with Crippen LogP contribution in [0.2, 0.25) is 0 Å². The van der Waals surface area contributed by atoms with E-state index in [1.807, 2.05) is 33.2 Å². The monoisotopic (exact) mass is 261 g/mol. The van der Waals surface area contributed by atoms with Gasteiger partial charge in [-0.3, -0.25) is 9.67 Å². The summed E-state index contributed by atoms with van der Waals surface area (Å²) in [6.45, 7) is 3.83. The van der Waals surface area contributed by atoms with Gasteiger partial charge in [0, 0.05) is 24.6 Å². The molecule has 5 nitrogen and oxygen atoms in total. The summed E-state index contributed by atoms with van der Waals surface area (Å²) >= 11 is 5.08. The quantitative estimate of drug-likeness (QED) is 0.825. The Morgan fingerprint density at radius 2 is 2.17 bits per heavy atom. The fourth-order valence-electron chi connectivity index (χ4n) is 1.88. The normalized spacial score (nSPS) is 10.4. The number of pyridine rings is 1. The number of hydrogen-bond donors (Lipinski definition) is 2. The molecule has 0 fully saturated rings. The van der Waals surface area contributed by atoms with E-state index in [1.165, 1.54) is 0 Å². The van der Waals surface area contributed by atoms with Gasteiger partial charge >= 0.3 is 0 Å². The van der Waals surface area contributed by atoms with Gasteiger partial charge in [0.1, 0.15) is 4.99 Å². The zero-order valence-electron chi connectivity index (χ0n) is 10.6. The molecule has 18 heavy (non-hydrogen) atoms. The molecule has 0 unspecified atom stereocenters. The van der Waals surface area contributed by atoms with Crippen LogP contribution in [0.1, 0.15) is 17.0 Å². The molecule has 0 aromatic carbocycles. The molecule has 6 heteroatoms. The summed E-state index contributed by atoms with van der Waals surface area (Å²) < 4.78 is 1.73. The minimum absolute atomic E-state index is 0.339. The van der Waals surface area contributed by atoms with Crippen molar-refractivity contribution in [3.8, 4) is 0 Å². The number of nitrogens with one attached hydrogen (secondary N) is 1. The van der Waals surface area contributed by atoms with Crippen LogP contribution >= 0.6 is 12.2 Å². The number of aryl methyl sites for hydroxylation is 3. The molecule has 0 saturated carbocycles. The van der Waals surface area contributed by atoms with Crippen LogP contribution in [0.4, 0.5) is 11.4 Å². The van der Waals surface area contributed by atoms with E-state index in [4.69, 9.17) is 18.0 Å². The van der Waals surface area contributed by atoms with Gasteiger partial charge in [0.25, 0.3) is 0 Å². The molecule has 0 saturated heterocycles. The summed E-state index contributed by atoms with van der Waals surface area (Å²) in [5.41, 5.74) is 10.0. The number of rotatable bonds is 3. The van der Waals surface area contributed by atoms with Crippen LogP contribution < -0.4 is 11.1 Å². The van der Waals surface area contributed by atoms with Crippen molar-refractivity contribution in [1.82, 2.24) is 14.8 Å². The van der Waals surface area contributed by atoms with Crippen LogP contribution in [-0.4, -0.2) is 19.8 Å². The average Bonchev–Trinajstić information content (AvgIpc) is 2.62. The van der Waals surface area contributed by atoms with Gasteiger partial charge < -0.3 is 11.1 Å². The van der Waals surface area contributed by atoms with Gasteiger partial charge in [-0.1, -0.05) is 12.2 Å². The molecule has 0 aliphatic heterocycles. The minimum Gasteiger partial charge on any atom is -0.389 e. The molecule has 0 radical (unpaired) electrons. The summed E-state index contributed by atoms with van der Waals surface area (Å²) in [4.78, 5) is 4.71. The van der Waals surface area contributed by atoms with Crippen molar-refractivity contribution in [2.45, 2.75) is 13.8 Å². The highest BCUT2D eigenvalue weighted by atomic mass is 32.1. The maximum Gasteiger partial charge on any atom is 0.107 e. The molecule has 2 aromatic heterocycles. The first kappa shape index (κ1) is 12.5. The van der Waals surface area contributed by atoms with Crippen molar-refractivity contribution in [1.29, 1.82) is 0 Å². The molecule has 2 rings (SSSR count). The third-order valence-corrected chi connectivity index (χ3v) is 2.76. The Balaban J connectivity index is 2.45. The Morgan fingerprint density at radius 1 is 1.44 bits per heavy atom. The van der Waals surface area contributed by atoms with E-state index >= 15 is 0 Å². The molecule has 94 valence electrons. The zero-order valence-corrected chi connectivity index (χ0v) is 11.4. The molecule has 0 spiro atoms. The largest absolute Gasteiger partial charge is 0.389 e. The lowest BCUT2D eigenvalue weighted by atomic mass is 10.1. The average molecular weight is 261 g/mol. The molecule has 0 aliphatic carbocycles. The highest BCUT2D eigenvalue weighted by molar-refractivity contribution is 7.80. The number of thiocarbonyl (C=S) groups is 1. The van der Waals surface area contributed by atoms with Crippen LogP contribution in [0, 0.1) is 13.8 Å². The van der Waals surface area contributed by atoms with E-state index in [0.29, 0.717) is 4.99 Å². The number of nitrogens with zero attached hydrogens (tertiary/aromatic N) is 3. The first-order valence-electron chi connectivity index (χ1n) is 5.51. The lowest BCUT2D eigenvalue weighted by Crippen LogP contribution is -2.15. The summed E-state index contributed by atoms with van der Waals surface area (Å²) in [5.74, 6) is 0. The summed E-state index contributed by atoms with van der Waals surface area (Å²) in [7, 11) is 1.86. The van der Waals surface area contributed by atoms with Crippen LogP contribution in [0.5, 0.6) is 0 Å². The number of aromatic nitrogens is 3. The van der Waals surface area contributed by atoms with Crippen molar-refractivity contribution in [2.24, 2.45) is 12.8 Å². The van der Waals surface area contributed by atoms with Gasteiger partial charge in [0.05, 0.1) is 23.1 Å². The van der Waals surface area contributed by atoms with E-state index in [0.717, 1.165) is 28.3 Å². The van der Waals surface area contributed by atoms with Gasteiger partial charge in [-0.2, -0.15) is 5.10 Å². The molecule has 2 heterocycles. The van der Waals surface area contributed by atoms with Crippen molar-refractivity contribution >= 4 is 28.6 Å². The van der Waals surface area contributed by atoms with Gasteiger partial charge in [-0.25, -0.2) is 0 Å². The molecule has 0 amide bonds. The molecule has 0 aliphatic rings. The van der Waals surface area contributed by atoms with E-state index in [-0.39, 0.29) is 0 Å². The second-order valence-corrected chi connectivity index (χ2v) is 4.60. The van der Waals surface area contributed by atoms with Crippen LogP contribution in [0.15, 0.2) is 18.5 Å². The van der Waals surface area contributed by atoms with E-state index in [9.17, 15) is 0 Å². The summed E-state index contributed by atoms with van der Waals surface area (Å²) in [5, 5.41) is 7.37. The summed E-state index contributed by atoms with van der Waals surface area (Å²) in [6.07, 6.45) is 3.63. The molecule has 0 bridgehead atoms. The Kier molecular flexibility index (Phi) is 3.29. The van der Waals surface area contributed by atoms with E-state index < -0.39 is 0 Å². The van der Waals surface area contributed by atoms with E-state index in [1.54, 1.807) is 10.9 Å². The summed E-state index contributed by atoms with van der Waals surface area (Å²) in [6, 6.07) is 1.93. The fourth-order valence-corrected chi connectivity index (χ4v) is 2.14. The molecular weight excluding hydrogens is 246 g/mol. The minimum atomic E-state index is 0.339. The molecule has 0 atom stereocenters. The van der Waals surface area contributed by atoms with Crippen LogP contribution in [0.25, 0.3) is 0 Å². The Morgan fingerprint density at radius 3 is 2.72 bits per heavy atom. The molecule has 2 aromatic rings. The van der Waals surface area contributed by atoms with Crippen molar-refractivity contribution < 1.29 is 0 Å². The van der Waals surface area contributed by atoms with Gasteiger partial charge in [-0.15, -0.1) is 0 Å². The number of anilines is 2. The van der Waals surface area contributed by atoms with Crippen LogP contribution in [0.3, 0.4) is 0 Å². The lowest BCUT2D eigenvalue weighted by molar-refractivity contribution is 0.768. The van der Waals surface area contributed by atoms with Crippen molar-refractivity contribution in [3.63, 3.8) is 0 Å². The van der Waals surface area contributed by atoms with Crippen LogP contribution in [-0.2, 0) is 7.05 Å². The first-order chi connectivity index (χ1) is 8.47. The Labute approximate surface area is 111 Å². The predicted octanol–water partition coefficient (Wildman–Crippen LogP) is 1.81. The fraction of sp³-hybridized carbons (Fsp3) is 0.250. The second-order valence-electron chi connectivity index (χ2n) is 4.16. The topological polar surface area (TPSA) is 68.8 Å². The van der Waals surface area contributed by atoms with Gasteiger partial charge in [0.2, 0.25) is 0 Å². The van der Waals surface area contributed by atoms with Gasteiger partial charge in [-0.05, 0) is 19.9 Å². The number of nitrogens with two attached hydrogens (primary N) is 1. The van der Waals surface area contributed by atoms with E-state index in [2.05, 4.69) is 15.4 Å². The van der Waals surface area contributed by atoms with Gasteiger partial charge in [0.15, 0.2) is 0 Å². The SMILES string of the molecule is Cc1cc(Nc2cnn(C)c2)c(C(N)=S)c(C)n1. The molecule has 3 N–H and O–H groups in total. The smallest absolute Gasteiger partial charge is 0.107 e. The first-order valence-corrected chi connectivity index (χ1v) is 5.92. The zero-order chi connectivity index (χ0) is 13.3. The van der Waals surface area contributed by atoms with Crippen molar-refractivity contribution in [2.75, 3.05) is 5.32 Å². The Hall–Kier alpha value is -1.95. The predicted molar refractivity (Wildman–Crippen MR) is 76.1 cm³/mol. The lowest BCUT2D eigenvalue weighted by Gasteiger charge is -2.13. The maximum atomic E-state index is 5.75. The standard InChI is InChI=1S/C12H15N5S/c1-7-4-10(11(12(13)18)8(2)15-7)16-9-5-14-17(3)6-9/h4-6H,1-3H3,(H2,13,18)(H,15,16). The second kappa shape index (κ2) is 4.73. The maximum absolute atomic E-state index is 5.75. The number of hydrogen-bond acceptors (Lipinski definition) is 4. The highest BCUT2D eigenvalue weighted by Gasteiger charge is 2.11.